The summed E-state index contributed by atoms with van der Waals surface area (Å²) in [6.07, 6.45) is 1.27. The summed E-state index contributed by atoms with van der Waals surface area (Å²) in [6, 6.07) is 23.0. The minimum absolute atomic E-state index is 0.153. The Kier molecular flexibility index (Phi) is 5.29. The molecule has 0 bridgehead atoms. The van der Waals surface area contributed by atoms with Crippen LogP contribution in [0.5, 0.6) is 0 Å². The first-order chi connectivity index (χ1) is 14.2. The average Bonchev–Trinajstić information content (AvgIpc) is 3.12. The topological polar surface area (TPSA) is 83.0 Å². The number of hydrogen-bond acceptors (Lipinski definition) is 4. The maximum Gasteiger partial charge on any atom is 0.306 e. The largest absolute Gasteiger partial charge is 0.481 e. The molecule has 4 rings (SSSR count). The molecule has 0 aliphatic carbocycles. The van der Waals surface area contributed by atoms with E-state index >= 15 is 0 Å². The van der Waals surface area contributed by atoms with Gasteiger partial charge in [-0.05, 0) is 42.7 Å². The van der Waals surface area contributed by atoms with Crippen molar-refractivity contribution >= 4 is 33.6 Å². The van der Waals surface area contributed by atoms with Crippen LogP contribution in [-0.4, -0.2) is 22.0 Å². The molecule has 0 saturated carbocycles. The van der Waals surface area contributed by atoms with Crippen molar-refractivity contribution in [3.05, 3.63) is 83.9 Å². The summed E-state index contributed by atoms with van der Waals surface area (Å²) >= 11 is 0. The van der Waals surface area contributed by atoms with Crippen molar-refractivity contribution in [2.24, 2.45) is 11.1 Å². The molecule has 3 aromatic carbocycles. The maximum absolute atomic E-state index is 11.8. The van der Waals surface area contributed by atoms with Gasteiger partial charge in [0.25, 0.3) is 0 Å². The normalized spacial score (nSPS) is 13.0. The Morgan fingerprint density at radius 1 is 0.931 bits per heavy atom. The molecular formula is C24H21NO4. The fourth-order valence-electron chi connectivity index (χ4n) is 3.65. The maximum atomic E-state index is 11.8. The van der Waals surface area contributed by atoms with Crippen molar-refractivity contribution in [2.45, 2.75) is 19.3 Å². The minimum Gasteiger partial charge on any atom is -0.481 e. The van der Waals surface area contributed by atoms with Crippen LogP contribution < -0.4 is 0 Å². The van der Waals surface area contributed by atoms with Crippen molar-refractivity contribution in [3.63, 3.8) is 0 Å². The molecule has 1 atom stereocenters. The Hall–Kier alpha value is -3.60. The summed E-state index contributed by atoms with van der Waals surface area (Å²) in [5, 5.41) is 24.6. The third-order valence-electron chi connectivity index (χ3n) is 5.24. The van der Waals surface area contributed by atoms with Crippen LogP contribution in [0.3, 0.4) is 0 Å². The van der Waals surface area contributed by atoms with E-state index < -0.39 is 11.9 Å². The van der Waals surface area contributed by atoms with Crippen LogP contribution in [0.4, 0.5) is 0 Å². The molecule has 0 amide bonds. The van der Waals surface area contributed by atoms with E-state index in [1.165, 1.54) is 0 Å². The Bertz CT molecular complexity index is 1180. The van der Waals surface area contributed by atoms with Gasteiger partial charge in [-0.2, -0.15) is 0 Å². The van der Waals surface area contributed by atoms with E-state index in [1.807, 2.05) is 66.7 Å². The van der Waals surface area contributed by atoms with E-state index in [0.717, 1.165) is 27.5 Å². The monoisotopic (exact) mass is 387 g/mol. The van der Waals surface area contributed by atoms with Crippen LogP contribution in [0, 0.1) is 5.92 Å². The molecule has 1 unspecified atom stereocenters. The first kappa shape index (κ1) is 18.7. The number of aliphatic carboxylic acids is 1. The summed E-state index contributed by atoms with van der Waals surface area (Å²) < 4.78 is 5.83. The first-order valence-electron chi connectivity index (χ1n) is 9.55. The number of para-hydroxylation sites is 1. The summed E-state index contributed by atoms with van der Waals surface area (Å²) in [5.74, 6) is -1.53. The third-order valence-corrected chi connectivity index (χ3v) is 5.24. The highest BCUT2D eigenvalue weighted by Crippen LogP contribution is 2.30. The summed E-state index contributed by atoms with van der Waals surface area (Å²) in [5.41, 5.74) is 3.67. The molecule has 4 aromatic rings. The predicted molar refractivity (Wildman–Crippen MR) is 113 cm³/mol. The second-order valence-electron chi connectivity index (χ2n) is 7.12. The van der Waals surface area contributed by atoms with Gasteiger partial charge < -0.3 is 14.7 Å². The van der Waals surface area contributed by atoms with Gasteiger partial charge in [0.15, 0.2) is 0 Å². The Morgan fingerprint density at radius 3 is 2.41 bits per heavy atom. The van der Waals surface area contributed by atoms with Gasteiger partial charge in [-0.3, -0.25) is 4.79 Å². The van der Waals surface area contributed by atoms with Gasteiger partial charge in [0.2, 0.25) is 0 Å². The standard InChI is InChI=1S/C24H21NO4/c26-24(27)18(11-10-16-6-2-1-3-7-16)15-21(25-28)17-12-13-23-20(14-17)19-8-4-5-9-22(19)29-23/h1-9,12-14,18,28H,10-11,15H2,(H,26,27). The highest BCUT2D eigenvalue weighted by molar-refractivity contribution is 6.10. The fourth-order valence-corrected chi connectivity index (χ4v) is 3.65. The number of carbonyl (C=O) groups is 1. The number of carboxylic acids is 1. The zero-order valence-corrected chi connectivity index (χ0v) is 15.8. The van der Waals surface area contributed by atoms with Gasteiger partial charge in [-0.25, -0.2) is 0 Å². The average molecular weight is 387 g/mol. The Morgan fingerprint density at radius 2 is 1.66 bits per heavy atom. The van der Waals surface area contributed by atoms with Crippen molar-refractivity contribution in [2.75, 3.05) is 0 Å². The highest BCUT2D eigenvalue weighted by atomic mass is 16.4. The smallest absolute Gasteiger partial charge is 0.306 e. The second-order valence-corrected chi connectivity index (χ2v) is 7.12. The molecule has 0 spiro atoms. The minimum atomic E-state index is -0.892. The Labute approximate surface area is 167 Å². The van der Waals surface area contributed by atoms with Crippen LogP contribution in [0.15, 0.2) is 82.4 Å². The zero-order valence-electron chi connectivity index (χ0n) is 15.8. The van der Waals surface area contributed by atoms with Gasteiger partial charge in [0.05, 0.1) is 11.6 Å². The number of nitrogens with zero attached hydrogens (tertiary/aromatic N) is 1. The summed E-state index contributed by atoms with van der Waals surface area (Å²) in [7, 11) is 0. The van der Waals surface area contributed by atoms with Crippen molar-refractivity contribution in [1.82, 2.24) is 0 Å². The van der Waals surface area contributed by atoms with Crippen LogP contribution in [0.25, 0.3) is 21.9 Å². The summed E-state index contributed by atoms with van der Waals surface area (Å²) in [6.45, 7) is 0. The van der Waals surface area contributed by atoms with Crippen molar-refractivity contribution in [3.8, 4) is 0 Å². The number of aryl methyl sites for hydroxylation is 1. The molecule has 5 nitrogen and oxygen atoms in total. The third kappa shape index (κ3) is 3.99. The molecule has 0 fully saturated rings. The van der Waals surface area contributed by atoms with Gasteiger partial charge in [-0.15, -0.1) is 0 Å². The Balaban J connectivity index is 1.58. The zero-order chi connectivity index (χ0) is 20.2. The molecule has 2 N–H and O–H groups in total. The van der Waals surface area contributed by atoms with Crippen LogP contribution in [-0.2, 0) is 11.2 Å². The number of benzene rings is 3. The molecular weight excluding hydrogens is 366 g/mol. The number of furan rings is 1. The predicted octanol–water partition coefficient (Wildman–Crippen LogP) is 5.49. The van der Waals surface area contributed by atoms with Crippen LogP contribution >= 0.6 is 0 Å². The van der Waals surface area contributed by atoms with E-state index in [0.29, 0.717) is 24.1 Å². The van der Waals surface area contributed by atoms with Crippen molar-refractivity contribution in [1.29, 1.82) is 0 Å². The lowest BCUT2D eigenvalue weighted by molar-refractivity contribution is -0.141. The SMILES string of the molecule is O=C(O)C(CCc1ccccc1)CC(=NO)c1ccc2oc3ccccc3c2c1. The number of fused-ring (bicyclic) bond motifs is 3. The molecule has 1 aromatic heterocycles. The molecule has 1 heterocycles. The number of oxime groups is 1. The molecule has 5 heteroatoms. The number of hydrogen-bond donors (Lipinski definition) is 2. The lowest BCUT2D eigenvalue weighted by atomic mass is 9.91. The molecule has 0 saturated heterocycles. The molecule has 146 valence electrons. The van der Waals surface area contributed by atoms with E-state index in [2.05, 4.69) is 5.16 Å². The molecule has 0 aliphatic heterocycles. The van der Waals surface area contributed by atoms with Crippen LogP contribution in [0.1, 0.15) is 24.0 Å². The van der Waals surface area contributed by atoms with Gasteiger partial charge in [-0.1, -0.05) is 53.7 Å². The lowest BCUT2D eigenvalue weighted by Crippen LogP contribution is -2.19. The summed E-state index contributed by atoms with van der Waals surface area (Å²) in [4.78, 5) is 11.8. The van der Waals surface area contributed by atoms with Gasteiger partial charge in [0.1, 0.15) is 11.2 Å². The highest BCUT2D eigenvalue weighted by Gasteiger charge is 2.22. The van der Waals surface area contributed by atoms with E-state index in [1.54, 1.807) is 6.07 Å². The van der Waals surface area contributed by atoms with E-state index in [-0.39, 0.29) is 6.42 Å². The quantitative estimate of drug-likeness (QED) is 0.250. The van der Waals surface area contributed by atoms with Gasteiger partial charge >= 0.3 is 5.97 Å². The fraction of sp³-hybridized carbons (Fsp3) is 0.167. The number of carboxylic acid groups (broad SMARTS) is 1. The van der Waals surface area contributed by atoms with Gasteiger partial charge in [0, 0.05) is 22.8 Å². The van der Waals surface area contributed by atoms with E-state index in [4.69, 9.17) is 4.42 Å². The lowest BCUT2D eigenvalue weighted by Gasteiger charge is -2.13. The van der Waals surface area contributed by atoms with E-state index in [9.17, 15) is 15.1 Å². The molecule has 0 radical (unpaired) electrons. The molecule has 0 aliphatic rings. The second kappa shape index (κ2) is 8.19. The first-order valence-corrected chi connectivity index (χ1v) is 9.55. The van der Waals surface area contributed by atoms with Crippen LogP contribution in [0.2, 0.25) is 0 Å². The molecule has 29 heavy (non-hydrogen) atoms. The van der Waals surface area contributed by atoms with Crippen molar-refractivity contribution < 1.29 is 19.5 Å². The number of rotatable bonds is 7.